The molecular formula is C22H23FN2O5S. The number of halogens is 1. The summed E-state index contributed by atoms with van der Waals surface area (Å²) in [6.45, 7) is 0.0191. The van der Waals surface area contributed by atoms with Gasteiger partial charge in [0, 0.05) is 31.0 Å². The van der Waals surface area contributed by atoms with Crippen molar-refractivity contribution in [1.29, 1.82) is 0 Å². The van der Waals surface area contributed by atoms with Crippen LogP contribution >= 0.6 is 11.3 Å². The molecule has 1 fully saturated rings. The number of hydrogen-bond donors (Lipinski definition) is 2. The zero-order valence-electron chi connectivity index (χ0n) is 16.8. The minimum absolute atomic E-state index is 0.0191. The Kier molecular flexibility index (Phi) is 7.88. The van der Waals surface area contributed by atoms with E-state index in [4.69, 9.17) is 4.74 Å². The van der Waals surface area contributed by atoms with E-state index in [2.05, 4.69) is 10.6 Å². The molecule has 1 aliphatic rings. The van der Waals surface area contributed by atoms with E-state index in [0.29, 0.717) is 10.4 Å². The van der Waals surface area contributed by atoms with Crippen molar-refractivity contribution in [3.05, 3.63) is 58.0 Å². The molecule has 164 valence electrons. The summed E-state index contributed by atoms with van der Waals surface area (Å²) in [6, 6.07) is 8.73. The number of benzene rings is 1. The van der Waals surface area contributed by atoms with Crippen LogP contribution < -0.4 is 10.6 Å². The third-order valence-electron chi connectivity index (χ3n) is 4.61. The first-order chi connectivity index (χ1) is 14.9. The lowest BCUT2D eigenvalue weighted by Gasteiger charge is -2.18. The number of amides is 2. The second kappa shape index (κ2) is 10.8. The average molecular weight is 447 g/mol. The Labute approximate surface area is 183 Å². The fraction of sp³-hybridized carbons (Fsp3) is 0.364. The van der Waals surface area contributed by atoms with Gasteiger partial charge in [-0.15, -0.1) is 11.3 Å². The van der Waals surface area contributed by atoms with Crippen LogP contribution in [0.25, 0.3) is 0 Å². The summed E-state index contributed by atoms with van der Waals surface area (Å²) in [6.07, 6.45) is 0.526. The highest BCUT2D eigenvalue weighted by atomic mass is 32.1. The van der Waals surface area contributed by atoms with Crippen molar-refractivity contribution in [2.45, 2.75) is 44.2 Å². The molecule has 1 atom stereocenters. The van der Waals surface area contributed by atoms with Crippen LogP contribution in [-0.2, 0) is 19.1 Å². The van der Waals surface area contributed by atoms with Gasteiger partial charge >= 0.3 is 5.97 Å². The summed E-state index contributed by atoms with van der Waals surface area (Å²) < 4.78 is 18.5. The highest BCUT2D eigenvalue weighted by Crippen LogP contribution is 2.23. The zero-order chi connectivity index (χ0) is 22.2. The van der Waals surface area contributed by atoms with Gasteiger partial charge in [0.25, 0.3) is 5.91 Å². The Balaban J connectivity index is 1.44. The first kappa shape index (κ1) is 22.6. The van der Waals surface area contributed by atoms with E-state index in [-0.39, 0.29) is 43.5 Å². The van der Waals surface area contributed by atoms with Crippen LogP contribution in [0, 0.1) is 5.82 Å². The molecule has 1 saturated carbocycles. The van der Waals surface area contributed by atoms with Gasteiger partial charge in [0.05, 0.1) is 11.3 Å². The number of ketones is 1. The SMILES string of the molecule is O=C(CCC(=O)c1cccs1)NCCC(=O)OC(C(=O)NC1CC1)c1ccc(F)cc1. The van der Waals surface area contributed by atoms with Gasteiger partial charge in [-0.1, -0.05) is 18.2 Å². The Morgan fingerprint density at radius 2 is 1.81 bits per heavy atom. The molecule has 3 rings (SSSR count). The van der Waals surface area contributed by atoms with E-state index in [1.807, 2.05) is 0 Å². The number of thiophene rings is 1. The number of hydrogen-bond acceptors (Lipinski definition) is 6. The standard InChI is InChI=1S/C22H23FN2O5S/c23-15-5-3-14(4-6-15)21(22(29)25-16-7-8-16)30-20(28)11-12-24-19(27)10-9-17(26)18-2-1-13-31-18/h1-6,13,16,21H,7-12H2,(H,24,27)(H,25,29). The lowest BCUT2D eigenvalue weighted by Crippen LogP contribution is -2.34. The largest absolute Gasteiger partial charge is 0.447 e. The molecule has 2 amide bonds. The Morgan fingerprint density at radius 1 is 1.06 bits per heavy atom. The summed E-state index contributed by atoms with van der Waals surface area (Å²) in [7, 11) is 0. The molecule has 2 aromatic rings. The second-order valence-electron chi connectivity index (χ2n) is 7.20. The van der Waals surface area contributed by atoms with Crippen LogP contribution in [-0.4, -0.2) is 36.2 Å². The van der Waals surface area contributed by atoms with Gasteiger partial charge < -0.3 is 15.4 Å². The van der Waals surface area contributed by atoms with E-state index in [1.54, 1.807) is 17.5 Å². The van der Waals surface area contributed by atoms with Crippen molar-refractivity contribution in [2.75, 3.05) is 6.54 Å². The Hall–Kier alpha value is -3.07. The molecular weight excluding hydrogens is 423 g/mol. The summed E-state index contributed by atoms with van der Waals surface area (Å²) in [5.74, 6) is -2.04. The van der Waals surface area contributed by atoms with Crippen molar-refractivity contribution in [3.63, 3.8) is 0 Å². The number of Topliss-reactive ketones (excluding diaryl/α,β-unsaturated/α-hetero) is 1. The molecule has 1 aliphatic carbocycles. The van der Waals surface area contributed by atoms with E-state index < -0.39 is 23.8 Å². The molecule has 0 saturated heterocycles. The van der Waals surface area contributed by atoms with Crippen molar-refractivity contribution >= 4 is 34.9 Å². The number of rotatable bonds is 11. The maximum atomic E-state index is 13.2. The fourth-order valence-electron chi connectivity index (χ4n) is 2.79. The molecule has 9 heteroatoms. The molecule has 1 heterocycles. The normalized spacial score (nSPS) is 13.8. The van der Waals surface area contributed by atoms with Crippen LogP contribution in [0.15, 0.2) is 41.8 Å². The van der Waals surface area contributed by atoms with Gasteiger partial charge in [-0.3, -0.25) is 19.2 Å². The topological polar surface area (TPSA) is 102 Å². The van der Waals surface area contributed by atoms with Gasteiger partial charge in [-0.05, 0) is 36.4 Å². The molecule has 0 bridgehead atoms. The molecule has 0 aliphatic heterocycles. The molecule has 1 aromatic heterocycles. The molecule has 0 spiro atoms. The van der Waals surface area contributed by atoms with Gasteiger partial charge in [-0.25, -0.2) is 4.39 Å². The Bertz CT molecular complexity index is 926. The maximum Gasteiger partial charge on any atom is 0.308 e. The zero-order valence-corrected chi connectivity index (χ0v) is 17.6. The number of carbonyl (C=O) groups is 4. The van der Waals surface area contributed by atoms with E-state index in [0.717, 1.165) is 12.8 Å². The van der Waals surface area contributed by atoms with E-state index in [1.165, 1.54) is 35.6 Å². The molecule has 31 heavy (non-hydrogen) atoms. The number of carbonyl (C=O) groups excluding carboxylic acids is 4. The highest BCUT2D eigenvalue weighted by Gasteiger charge is 2.30. The third kappa shape index (κ3) is 7.29. The Morgan fingerprint density at radius 3 is 2.45 bits per heavy atom. The number of nitrogens with one attached hydrogen (secondary N) is 2. The molecule has 1 unspecified atom stereocenters. The monoisotopic (exact) mass is 446 g/mol. The average Bonchev–Trinajstić information content (AvgIpc) is 3.38. The summed E-state index contributed by atoms with van der Waals surface area (Å²) >= 11 is 1.32. The fourth-order valence-corrected chi connectivity index (χ4v) is 3.48. The van der Waals surface area contributed by atoms with Gasteiger partial charge in [0.15, 0.2) is 5.78 Å². The van der Waals surface area contributed by atoms with Crippen LogP contribution in [0.4, 0.5) is 4.39 Å². The lowest BCUT2D eigenvalue weighted by molar-refractivity contribution is -0.156. The predicted octanol–water partition coefficient (Wildman–Crippen LogP) is 2.92. The number of esters is 1. The van der Waals surface area contributed by atoms with Crippen molar-refractivity contribution < 1.29 is 28.3 Å². The summed E-state index contributed by atoms with van der Waals surface area (Å²) in [5.41, 5.74) is 0.365. The van der Waals surface area contributed by atoms with Crippen LogP contribution in [0.2, 0.25) is 0 Å². The van der Waals surface area contributed by atoms with Crippen molar-refractivity contribution in [2.24, 2.45) is 0 Å². The van der Waals surface area contributed by atoms with E-state index >= 15 is 0 Å². The summed E-state index contributed by atoms with van der Waals surface area (Å²) in [4.78, 5) is 49.1. The third-order valence-corrected chi connectivity index (χ3v) is 5.52. The second-order valence-corrected chi connectivity index (χ2v) is 8.15. The summed E-state index contributed by atoms with van der Waals surface area (Å²) in [5, 5.41) is 7.14. The quantitative estimate of drug-likeness (QED) is 0.408. The molecule has 1 aromatic carbocycles. The minimum Gasteiger partial charge on any atom is -0.447 e. The number of ether oxygens (including phenoxy) is 1. The van der Waals surface area contributed by atoms with Crippen LogP contribution in [0.3, 0.4) is 0 Å². The van der Waals surface area contributed by atoms with Crippen molar-refractivity contribution in [1.82, 2.24) is 10.6 Å². The van der Waals surface area contributed by atoms with Crippen LogP contribution in [0.1, 0.15) is 53.4 Å². The first-order valence-electron chi connectivity index (χ1n) is 10.0. The van der Waals surface area contributed by atoms with Crippen molar-refractivity contribution in [3.8, 4) is 0 Å². The van der Waals surface area contributed by atoms with Crippen LogP contribution in [0.5, 0.6) is 0 Å². The molecule has 7 nitrogen and oxygen atoms in total. The maximum absolute atomic E-state index is 13.2. The van der Waals surface area contributed by atoms with E-state index in [9.17, 15) is 23.6 Å². The molecule has 2 N–H and O–H groups in total. The lowest BCUT2D eigenvalue weighted by atomic mass is 10.1. The highest BCUT2D eigenvalue weighted by molar-refractivity contribution is 7.12. The van der Waals surface area contributed by atoms with Gasteiger partial charge in [-0.2, -0.15) is 0 Å². The smallest absolute Gasteiger partial charge is 0.308 e. The van der Waals surface area contributed by atoms with Gasteiger partial charge in [0.1, 0.15) is 5.82 Å². The van der Waals surface area contributed by atoms with Gasteiger partial charge in [0.2, 0.25) is 12.0 Å². The molecule has 0 radical (unpaired) electrons. The first-order valence-corrected chi connectivity index (χ1v) is 10.9. The predicted molar refractivity (Wildman–Crippen MR) is 112 cm³/mol. The minimum atomic E-state index is -1.19.